The molecule has 0 amide bonds. The van der Waals surface area contributed by atoms with Crippen molar-refractivity contribution < 1.29 is 4.79 Å². The lowest BCUT2D eigenvalue weighted by Gasteiger charge is -2.06. The molecule has 0 saturated carbocycles. The number of hydrogen-bond donors (Lipinski definition) is 0. The van der Waals surface area contributed by atoms with Crippen LogP contribution >= 0.6 is 31.9 Å². The van der Waals surface area contributed by atoms with Gasteiger partial charge in [-0.15, -0.1) is 0 Å². The fraction of sp³-hybridized carbons (Fsp3) is 0.133. The first-order valence-corrected chi connectivity index (χ1v) is 7.66. The number of rotatable bonds is 4. The molecule has 1 atom stereocenters. The molecular formula is C15H12Br2O. The average molecular weight is 368 g/mol. The normalized spacial score (nSPS) is 12.1. The third-order valence-electron chi connectivity index (χ3n) is 2.70. The van der Waals surface area contributed by atoms with E-state index in [9.17, 15) is 4.79 Å². The van der Waals surface area contributed by atoms with Gasteiger partial charge in [0, 0.05) is 10.9 Å². The first-order chi connectivity index (χ1) is 8.72. The second-order valence-corrected chi connectivity index (χ2v) is 5.68. The van der Waals surface area contributed by atoms with Gasteiger partial charge in [0.1, 0.15) is 0 Å². The minimum Gasteiger partial charge on any atom is -0.293 e. The van der Waals surface area contributed by atoms with Crippen LogP contribution in [-0.4, -0.2) is 15.9 Å². The van der Waals surface area contributed by atoms with E-state index in [1.807, 2.05) is 42.5 Å². The first kappa shape index (κ1) is 13.5. The van der Waals surface area contributed by atoms with Crippen molar-refractivity contribution in [1.82, 2.24) is 0 Å². The van der Waals surface area contributed by atoms with Gasteiger partial charge in [-0.2, -0.15) is 0 Å². The Hall–Kier alpha value is -0.930. The summed E-state index contributed by atoms with van der Waals surface area (Å²) in [6.45, 7) is 0. The number of carbonyl (C=O) groups is 1. The Balaban J connectivity index is 2.23. The molecule has 0 spiro atoms. The Labute approximate surface area is 123 Å². The van der Waals surface area contributed by atoms with E-state index in [4.69, 9.17) is 0 Å². The van der Waals surface area contributed by atoms with Crippen LogP contribution in [0.5, 0.6) is 0 Å². The van der Waals surface area contributed by atoms with Crippen LogP contribution in [0.2, 0.25) is 0 Å². The summed E-state index contributed by atoms with van der Waals surface area (Å²) in [4.78, 5) is 11.8. The highest BCUT2D eigenvalue weighted by molar-refractivity contribution is 9.12. The molecule has 2 aromatic rings. The van der Waals surface area contributed by atoms with E-state index >= 15 is 0 Å². The monoisotopic (exact) mass is 366 g/mol. The van der Waals surface area contributed by atoms with Crippen LogP contribution in [-0.2, 0) is 0 Å². The molecule has 0 bridgehead atoms. The van der Waals surface area contributed by atoms with E-state index in [0.717, 1.165) is 16.7 Å². The van der Waals surface area contributed by atoms with E-state index < -0.39 is 0 Å². The summed E-state index contributed by atoms with van der Waals surface area (Å²) in [5.74, 6) is 0.103. The SMILES string of the molecule is O=C(c1ccc(-c2ccccc2)cc1)C(Br)CBr. The van der Waals surface area contributed by atoms with Gasteiger partial charge in [-0.1, -0.05) is 86.5 Å². The molecule has 0 aliphatic heterocycles. The highest BCUT2D eigenvalue weighted by atomic mass is 79.9. The van der Waals surface area contributed by atoms with Gasteiger partial charge in [-0.05, 0) is 11.1 Å². The predicted octanol–water partition coefficient (Wildman–Crippen LogP) is 4.69. The zero-order valence-electron chi connectivity index (χ0n) is 9.64. The van der Waals surface area contributed by atoms with Crippen molar-refractivity contribution >= 4 is 37.6 Å². The summed E-state index contributed by atoms with van der Waals surface area (Å²) < 4.78 is 0. The Morgan fingerprint density at radius 2 is 1.50 bits per heavy atom. The molecule has 0 aliphatic rings. The molecule has 0 fully saturated rings. The molecule has 18 heavy (non-hydrogen) atoms. The standard InChI is InChI=1S/C15H12Br2O/c16-10-14(17)15(18)13-8-6-12(7-9-13)11-4-2-1-3-5-11/h1-9,14H,10H2. The zero-order valence-corrected chi connectivity index (χ0v) is 12.8. The summed E-state index contributed by atoms with van der Waals surface area (Å²) in [5, 5.41) is 0.617. The van der Waals surface area contributed by atoms with Crippen molar-refractivity contribution in [2.45, 2.75) is 4.83 Å². The van der Waals surface area contributed by atoms with Crippen molar-refractivity contribution in [3.05, 3.63) is 60.2 Å². The number of carbonyl (C=O) groups excluding carboxylic acids is 1. The maximum absolute atomic E-state index is 11.9. The molecule has 2 rings (SSSR count). The maximum atomic E-state index is 11.9. The van der Waals surface area contributed by atoms with Crippen LogP contribution in [0.4, 0.5) is 0 Å². The third kappa shape index (κ3) is 3.09. The van der Waals surface area contributed by atoms with Crippen LogP contribution in [0.15, 0.2) is 54.6 Å². The molecule has 0 heterocycles. The summed E-state index contributed by atoms with van der Waals surface area (Å²) in [6, 6.07) is 17.8. The van der Waals surface area contributed by atoms with Gasteiger partial charge in [0.25, 0.3) is 0 Å². The Kier molecular flexibility index (Phi) is 4.72. The highest BCUT2D eigenvalue weighted by Crippen LogP contribution is 2.20. The number of hydrogen-bond acceptors (Lipinski definition) is 1. The molecule has 1 unspecified atom stereocenters. The van der Waals surface area contributed by atoms with Crippen molar-refractivity contribution in [1.29, 1.82) is 0 Å². The summed E-state index contributed by atoms with van der Waals surface area (Å²) in [5.41, 5.74) is 3.01. The van der Waals surface area contributed by atoms with Crippen LogP contribution < -0.4 is 0 Å². The van der Waals surface area contributed by atoms with Gasteiger partial charge < -0.3 is 0 Å². The van der Waals surface area contributed by atoms with Crippen molar-refractivity contribution in [2.75, 3.05) is 5.33 Å². The van der Waals surface area contributed by atoms with Crippen molar-refractivity contribution in [3.8, 4) is 11.1 Å². The number of benzene rings is 2. The van der Waals surface area contributed by atoms with E-state index in [0.29, 0.717) is 5.33 Å². The second-order valence-electron chi connectivity index (χ2n) is 3.93. The van der Waals surface area contributed by atoms with E-state index in [-0.39, 0.29) is 10.6 Å². The minimum absolute atomic E-state index is 0.103. The number of ketones is 1. The van der Waals surface area contributed by atoms with Gasteiger partial charge in [-0.3, -0.25) is 4.79 Å². The number of alkyl halides is 2. The molecule has 0 saturated heterocycles. The van der Waals surface area contributed by atoms with Crippen LogP contribution in [0.3, 0.4) is 0 Å². The van der Waals surface area contributed by atoms with Gasteiger partial charge in [-0.25, -0.2) is 0 Å². The van der Waals surface area contributed by atoms with Crippen LogP contribution in [0, 0.1) is 0 Å². The lowest BCUT2D eigenvalue weighted by Crippen LogP contribution is -2.15. The quantitative estimate of drug-likeness (QED) is 0.565. The molecule has 0 radical (unpaired) electrons. The zero-order chi connectivity index (χ0) is 13.0. The maximum Gasteiger partial charge on any atom is 0.177 e. The molecule has 0 N–H and O–H groups in total. The highest BCUT2D eigenvalue weighted by Gasteiger charge is 2.15. The minimum atomic E-state index is -0.167. The Morgan fingerprint density at radius 3 is 2.06 bits per heavy atom. The summed E-state index contributed by atoms with van der Waals surface area (Å²) in [7, 11) is 0. The first-order valence-electron chi connectivity index (χ1n) is 5.62. The van der Waals surface area contributed by atoms with Gasteiger partial charge in [0.2, 0.25) is 0 Å². The van der Waals surface area contributed by atoms with Crippen LogP contribution in [0.25, 0.3) is 11.1 Å². The largest absolute Gasteiger partial charge is 0.293 e. The fourth-order valence-corrected chi connectivity index (χ4v) is 2.27. The van der Waals surface area contributed by atoms with Crippen molar-refractivity contribution in [3.63, 3.8) is 0 Å². The van der Waals surface area contributed by atoms with E-state index in [1.165, 1.54) is 0 Å². The average Bonchev–Trinajstić information content (AvgIpc) is 2.47. The lowest BCUT2D eigenvalue weighted by atomic mass is 10.0. The van der Waals surface area contributed by atoms with E-state index in [2.05, 4.69) is 44.0 Å². The Morgan fingerprint density at radius 1 is 0.944 bits per heavy atom. The molecule has 0 aliphatic carbocycles. The fourth-order valence-electron chi connectivity index (χ4n) is 1.71. The number of Topliss-reactive ketones (excluding diaryl/α,β-unsaturated/α-hetero) is 1. The molecule has 1 nitrogen and oxygen atoms in total. The van der Waals surface area contributed by atoms with Crippen LogP contribution in [0.1, 0.15) is 10.4 Å². The molecule has 92 valence electrons. The van der Waals surface area contributed by atoms with E-state index in [1.54, 1.807) is 0 Å². The van der Waals surface area contributed by atoms with Crippen molar-refractivity contribution in [2.24, 2.45) is 0 Å². The van der Waals surface area contributed by atoms with Gasteiger partial charge >= 0.3 is 0 Å². The molecular weight excluding hydrogens is 356 g/mol. The topological polar surface area (TPSA) is 17.1 Å². The number of halogens is 2. The lowest BCUT2D eigenvalue weighted by molar-refractivity contribution is 0.0997. The molecule has 0 aromatic heterocycles. The summed E-state index contributed by atoms with van der Waals surface area (Å²) >= 11 is 6.64. The predicted molar refractivity (Wildman–Crippen MR) is 82.7 cm³/mol. The summed E-state index contributed by atoms with van der Waals surface area (Å²) in [6.07, 6.45) is 0. The molecule has 2 aromatic carbocycles. The van der Waals surface area contributed by atoms with Gasteiger partial charge in [0.05, 0.1) is 4.83 Å². The third-order valence-corrected chi connectivity index (χ3v) is 4.95. The van der Waals surface area contributed by atoms with Gasteiger partial charge in [0.15, 0.2) is 5.78 Å². The smallest absolute Gasteiger partial charge is 0.177 e. The molecule has 3 heteroatoms. The Bertz CT molecular complexity index is 520. The second kappa shape index (κ2) is 6.30.